The SMILES string of the molecule is Cc1cc2c(cc1Cl)C1(CCN(C(=O)[C@@H]3CN(C(C)(C)C)C[C@H]3c3ccc(F)cc3F)CC1)C[C@@H]2C(C)(C)C(=O)NCC(F)(F)F. The van der Waals surface area contributed by atoms with Crippen molar-refractivity contribution in [2.75, 3.05) is 32.7 Å². The Labute approximate surface area is 272 Å². The lowest BCUT2D eigenvalue weighted by molar-refractivity contribution is -0.144. The van der Waals surface area contributed by atoms with Gasteiger partial charge in [-0.15, -0.1) is 0 Å². The van der Waals surface area contributed by atoms with Crippen LogP contribution in [0.2, 0.25) is 5.02 Å². The standard InChI is InChI=1S/C35H43ClF5N3O2/c1-20-13-23-26(15-28(20)36)34(16-27(23)33(5,6)31(46)42-19-35(39,40)41)9-11-43(12-10-34)30(45)25-18-44(32(2,3)4)17-24(25)22-8-7-21(37)14-29(22)38/h7-8,13-15,24-25,27H,9-12,16-19H2,1-6H3,(H,42,46)/t24-,25+,27-/m0/s1. The summed E-state index contributed by atoms with van der Waals surface area (Å²) in [6.45, 7) is 11.8. The summed E-state index contributed by atoms with van der Waals surface area (Å²) in [7, 11) is 0. The fourth-order valence-corrected chi connectivity index (χ4v) is 8.02. The first-order valence-electron chi connectivity index (χ1n) is 15.9. The minimum absolute atomic E-state index is 0.0705. The smallest absolute Gasteiger partial charge is 0.347 e. The van der Waals surface area contributed by atoms with E-state index in [1.54, 1.807) is 13.8 Å². The number of hydrogen-bond donors (Lipinski definition) is 1. The summed E-state index contributed by atoms with van der Waals surface area (Å²) in [4.78, 5) is 31.4. The molecule has 2 aliphatic heterocycles. The molecule has 5 rings (SSSR count). The van der Waals surface area contributed by atoms with Crippen LogP contribution in [0.3, 0.4) is 0 Å². The summed E-state index contributed by atoms with van der Waals surface area (Å²) in [5, 5.41) is 2.66. The van der Waals surface area contributed by atoms with Gasteiger partial charge in [-0.1, -0.05) is 37.6 Å². The number of aryl methyl sites for hydroxylation is 1. The van der Waals surface area contributed by atoms with E-state index in [0.717, 1.165) is 22.8 Å². The van der Waals surface area contributed by atoms with Gasteiger partial charge >= 0.3 is 6.18 Å². The molecular formula is C35H43ClF5N3O2. The lowest BCUT2D eigenvalue weighted by Crippen LogP contribution is -2.48. The van der Waals surface area contributed by atoms with Crippen molar-refractivity contribution in [1.82, 2.24) is 15.1 Å². The first kappa shape index (κ1) is 34.6. The number of fused-ring (bicyclic) bond motifs is 2. The average molecular weight is 668 g/mol. The normalized spacial score (nSPS) is 23.6. The molecule has 2 heterocycles. The van der Waals surface area contributed by atoms with Gasteiger partial charge in [0.2, 0.25) is 11.8 Å². The predicted molar refractivity (Wildman–Crippen MR) is 168 cm³/mol. The molecule has 0 unspecified atom stereocenters. The summed E-state index contributed by atoms with van der Waals surface area (Å²) in [5.41, 5.74) is 1.26. The predicted octanol–water partition coefficient (Wildman–Crippen LogP) is 7.49. The first-order chi connectivity index (χ1) is 21.2. The van der Waals surface area contributed by atoms with Crippen molar-refractivity contribution in [2.24, 2.45) is 11.3 Å². The average Bonchev–Trinajstić information content (AvgIpc) is 3.53. The van der Waals surface area contributed by atoms with E-state index in [2.05, 4.69) is 10.2 Å². The molecule has 2 aromatic rings. The molecule has 2 amide bonds. The van der Waals surface area contributed by atoms with E-state index in [1.165, 1.54) is 12.1 Å². The van der Waals surface area contributed by atoms with Gasteiger partial charge in [0.15, 0.2) is 0 Å². The van der Waals surface area contributed by atoms with E-state index in [-0.39, 0.29) is 17.4 Å². The summed E-state index contributed by atoms with van der Waals surface area (Å²) >= 11 is 6.60. The molecule has 252 valence electrons. The van der Waals surface area contributed by atoms with Crippen LogP contribution in [0.25, 0.3) is 0 Å². The molecule has 0 radical (unpaired) electrons. The minimum Gasteiger partial charge on any atom is -0.347 e. The van der Waals surface area contributed by atoms with Gasteiger partial charge in [-0.2, -0.15) is 13.2 Å². The molecule has 0 aromatic heterocycles. The van der Waals surface area contributed by atoms with E-state index in [0.29, 0.717) is 56.0 Å². The summed E-state index contributed by atoms with van der Waals surface area (Å²) in [5.74, 6) is -3.35. The van der Waals surface area contributed by atoms with Gasteiger partial charge in [-0.3, -0.25) is 14.5 Å². The molecule has 2 aromatic carbocycles. The fraction of sp³-hybridized carbons (Fsp3) is 0.600. The third-order valence-electron chi connectivity index (χ3n) is 10.8. The number of carbonyl (C=O) groups excluding carboxylic acids is 2. The quantitative estimate of drug-likeness (QED) is 0.336. The molecule has 5 nitrogen and oxygen atoms in total. The number of alkyl halides is 3. The molecule has 3 aliphatic rings. The Bertz CT molecular complexity index is 1510. The number of halogens is 6. The molecule has 0 saturated carbocycles. The zero-order valence-electron chi connectivity index (χ0n) is 27.3. The number of benzene rings is 2. The monoisotopic (exact) mass is 667 g/mol. The highest BCUT2D eigenvalue weighted by Gasteiger charge is 2.53. The number of nitrogens with zero attached hydrogens (tertiary/aromatic N) is 2. The number of likely N-dealkylation sites (tertiary alicyclic amines) is 2. The Morgan fingerprint density at radius 2 is 1.63 bits per heavy atom. The van der Waals surface area contributed by atoms with Gasteiger partial charge in [0.05, 0.1) is 11.3 Å². The number of piperidine rings is 1. The second-order valence-corrected chi connectivity index (χ2v) is 15.4. The highest BCUT2D eigenvalue weighted by molar-refractivity contribution is 6.31. The zero-order valence-corrected chi connectivity index (χ0v) is 28.0. The van der Waals surface area contributed by atoms with E-state index in [4.69, 9.17) is 11.6 Å². The third-order valence-corrected chi connectivity index (χ3v) is 11.2. The van der Waals surface area contributed by atoms with Crippen molar-refractivity contribution in [3.63, 3.8) is 0 Å². The zero-order chi connectivity index (χ0) is 34.0. The molecular weight excluding hydrogens is 625 g/mol. The maximum atomic E-state index is 15.0. The number of amides is 2. The van der Waals surface area contributed by atoms with E-state index in [1.807, 2.05) is 44.7 Å². The van der Waals surface area contributed by atoms with Crippen LogP contribution >= 0.6 is 11.6 Å². The lowest BCUT2D eigenvalue weighted by atomic mass is 9.69. The maximum Gasteiger partial charge on any atom is 0.405 e. The Balaban J connectivity index is 1.39. The van der Waals surface area contributed by atoms with Crippen LogP contribution in [0.1, 0.15) is 88.0 Å². The Morgan fingerprint density at radius 3 is 2.22 bits per heavy atom. The Hall–Kier alpha value is -2.72. The van der Waals surface area contributed by atoms with Crippen molar-refractivity contribution in [1.29, 1.82) is 0 Å². The van der Waals surface area contributed by atoms with Crippen LogP contribution < -0.4 is 5.32 Å². The van der Waals surface area contributed by atoms with Gasteiger partial charge in [0.25, 0.3) is 0 Å². The van der Waals surface area contributed by atoms with Crippen LogP contribution in [-0.4, -0.2) is 66.1 Å². The highest BCUT2D eigenvalue weighted by atomic mass is 35.5. The molecule has 0 bridgehead atoms. The van der Waals surface area contributed by atoms with Crippen molar-refractivity contribution >= 4 is 23.4 Å². The van der Waals surface area contributed by atoms with Crippen LogP contribution in [0.4, 0.5) is 22.0 Å². The van der Waals surface area contributed by atoms with Gasteiger partial charge in [0, 0.05) is 48.7 Å². The second kappa shape index (κ2) is 12.1. The topological polar surface area (TPSA) is 52.7 Å². The van der Waals surface area contributed by atoms with Gasteiger partial charge < -0.3 is 10.2 Å². The van der Waals surface area contributed by atoms with Crippen molar-refractivity contribution < 1.29 is 31.5 Å². The highest BCUT2D eigenvalue weighted by Crippen LogP contribution is 2.58. The Kier molecular flexibility index (Phi) is 9.08. The van der Waals surface area contributed by atoms with Gasteiger partial charge in [-0.25, -0.2) is 8.78 Å². The van der Waals surface area contributed by atoms with Crippen molar-refractivity contribution in [2.45, 2.75) is 89.8 Å². The van der Waals surface area contributed by atoms with Crippen molar-refractivity contribution in [3.05, 3.63) is 69.2 Å². The number of hydrogen-bond acceptors (Lipinski definition) is 3. The summed E-state index contributed by atoms with van der Waals surface area (Å²) in [6, 6.07) is 7.43. The fourth-order valence-electron chi connectivity index (χ4n) is 7.85. The lowest BCUT2D eigenvalue weighted by Gasteiger charge is -2.42. The minimum atomic E-state index is -4.52. The van der Waals surface area contributed by atoms with Gasteiger partial charge in [-0.05, 0) is 92.7 Å². The van der Waals surface area contributed by atoms with Crippen LogP contribution in [0, 0.1) is 29.9 Å². The van der Waals surface area contributed by atoms with E-state index < -0.39 is 52.9 Å². The second-order valence-electron chi connectivity index (χ2n) is 15.0. The Morgan fingerprint density at radius 1 is 0.978 bits per heavy atom. The number of carbonyl (C=O) groups is 2. The molecule has 11 heteroatoms. The molecule has 46 heavy (non-hydrogen) atoms. The van der Waals surface area contributed by atoms with Crippen LogP contribution in [-0.2, 0) is 15.0 Å². The van der Waals surface area contributed by atoms with E-state index in [9.17, 15) is 27.2 Å². The largest absolute Gasteiger partial charge is 0.405 e. The third kappa shape index (κ3) is 6.53. The van der Waals surface area contributed by atoms with E-state index >= 15 is 4.39 Å². The summed E-state index contributed by atoms with van der Waals surface area (Å²) < 4.78 is 67.7. The maximum absolute atomic E-state index is 15.0. The molecule has 2 saturated heterocycles. The number of nitrogens with one attached hydrogen (secondary N) is 1. The molecule has 1 spiro atoms. The summed E-state index contributed by atoms with van der Waals surface area (Å²) in [6.07, 6.45) is -2.80. The number of rotatable bonds is 5. The molecule has 1 N–H and O–H groups in total. The van der Waals surface area contributed by atoms with Crippen LogP contribution in [0.15, 0.2) is 30.3 Å². The molecule has 2 fully saturated rings. The van der Waals surface area contributed by atoms with Crippen molar-refractivity contribution in [3.8, 4) is 0 Å². The first-order valence-corrected chi connectivity index (χ1v) is 16.3. The molecule has 3 atom stereocenters. The molecule has 1 aliphatic carbocycles. The van der Waals surface area contributed by atoms with Gasteiger partial charge in [0.1, 0.15) is 18.2 Å². The van der Waals surface area contributed by atoms with Crippen LogP contribution in [0.5, 0.6) is 0 Å².